The largest absolute Gasteiger partial charge is 0.416 e. The lowest BCUT2D eigenvalue weighted by Gasteiger charge is -2.28. The van der Waals surface area contributed by atoms with Crippen LogP contribution < -0.4 is 5.32 Å². The smallest absolute Gasteiger partial charge is 0.307 e. The molecule has 1 N–H and O–H groups in total. The quantitative estimate of drug-likeness (QED) is 0.892. The molecule has 106 valence electrons. The van der Waals surface area contributed by atoms with Crippen LogP contribution in [0.4, 0.5) is 13.2 Å². The fraction of sp³-hybridized carbons (Fsp3) is 0.571. The summed E-state index contributed by atoms with van der Waals surface area (Å²) in [5.74, 6) is 2.18. The van der Waals surface area contributed by atoms with E-state index in [1.165, 1.54) is 6.07 Å². The molecule has 5 heteroatoms. The zero-order valence-corrected chi connectivity index (χ0v) is 11.7. The Morgan fingerprint density at radius 3 is 2.47 bits per heavy atom. The molecule has 0 amide bonds. The molecule has 0 saturated carbocycles. The Kier molecular flexibility index (Phi) is 4.79. The summed E-state index contributed by atoms with van der Waals surface area (Å²) in [5, 5.41) is 3.33. The second kappa shape index (κ2) is 6.18. The number of rotatable bonds is 3. The van der Waals surface area contributed by atoms with Crippen LogP contribution >= 0.6 is 11.8 Å². The van der Waals surface area contributed by atoms with Gasteiger partial charge in [0.1, 0.15) is 0 Å². The zero-order valence-electron chi connectivity index (χ0n) is 10.8. The van der Waals surface area contributed by atoms with Crippen LogP contribution in [-0.4, -0.2) is 17.5 Å². The van der Waals surface area contributed by atoms with Gasteiger partial charge >= 0.3 is 6.18 Å². The van der Waals surface area contributed by atoms with Gasteiger partial charge in [-0.15, -0.1) is 0 Å². The predicted molar refractivity (Wildman–Crippen MR) is 73.3 cm³/mol. The van der Waals surface area contributed by atoms with Crippen molar-refractivity contribution in [1.29, 1.82) is 0 Å². The van der Waals surface area contributed by atoms with E-state index in [0.717, 1.165) is 30.4 Å². The van der Waals surface area contributed by atoms with Crippen molar-refractivity contribution in [3.8, 4) is 0 Å². The summed E-state index contributed by atoms with van der Waals surface area (Å²) < 4.78 is 38.9. The Bertz CT molecular complexity index is 413. The molecular weight excluding hydrogens is 271 g/mol. The van der Waals surface area contributed by atoms with Gasteiger partial charge in [-0.25, -0.2) is 0 Å². The molecule has 0 radical (unpaired) electrons. The van der Waals surface area contributed by atoms with Crippen LogP contribution in [0.5, 0.6) is 0 Å². The Labute approximate surface area is 116 Å². The average Bonchev–Trinajstić information content (AvgIpc) is 2.39. The molecule has 0 bridgehead atoms. The summed E-state index contributed by atoms with van der Waals surface area (Å²) in [5.41, 5.74) is -0.187. The molecule has 1 aliphatic rings. The molecular formula is C14H18F3NS. The normalized spacial score (nSPS) is 19.4. The van der Waals surface area contributed by atoms with Crippen LogP contribution in [0.25, 0.3) is 0 Å². The van der Waals surface area contributed by atoms with E-state index in [9.17, 15) is 13.2 Å². The molecule has 1 fully saturated rings. The van der Waals surface area contributed by atoms with Crippen LogP contribution in [0, 0.1) is 0 Å². The second-order valence-electron chi connectivity index (χ2n) is 4.86. The molecule has 1 heterocycles. The molecule has 19 heavy (non-hydrogen) atoms. The predicted octanol–water partition coefficient (Wildman–Crippen LogP) is 4.25. The van der Waals surface area contributed by atoms with Crippen LogP contribution in [0.1, 0.15) is 36.9 Å². The van der Waals surface area contributed by atoms with E-state index in [-0.39, 0.29) is 6.04 Å². The van der Waals surface area contributed by atoms with Crippen LogP contribution in [0.3, 0.4) is 0 Å². The number of halogens is 3. The third-order valence-corrected chi connectivity index (χ3v) is 4.49. The minimum atomic E-state index is -4.28. The van der Waals surface area contributed by atoms with Crippen molar-refractivity contribution in [3.05, 3.63) is 35.4 Å². The number of thioether (sulfide) groups is 1. The monoisotopic (exact) mass is 289 g/mol. The van der Waals surface area contributed by atoms with Gasteiger partial charge in [-0.1, -0.05) is 18.2 Å². The highest BCUT2D eigenvalue weighted by atomic mass is 32.2. The highest BCUT2D eigenvalue weighted by molar-refractivity contribution is 7.99. The van der Waals surface area contributed by atoms with Crippen molar-refractivity contribution >= 4 is 11.8 Å². The molecule has 1 unspecified atom stereocenters. The maximum Gasteiger partial charge on any atom is 0.416 e. The van der Waals surface area contributed by atoms with Crippen molar-refractivity contribution in [1.82, 2.24) is 5.32 Å². The molecule has 1 aromatic carbocycles. The van der Waals surface area contributed by atoms with Crippen molar-refractivity contribution in [3.63, 3.8) is 0 Å². The van der Waals surface area contributed by atoms with Crippen molar-refractivity contribution < 1.29 is 13.2 Å². The van der Waals surface area contributed by atoms with E-state index < -0.39 is 11.7 Å². The van der Waals surface area contributed by atoms with E-state index in [2.05, 4.69) is 5.32 Å². The summed E-state index contributed by atoms with van der Waals surface area (Å²) >= 11 is 1.91. The second-order valence-corrected chi connectivity index (χ2v) is 6.08. The fourth-order valence-electron chi connectivity index (χ4n) is 2.44. The Morgan fingerprint density at radius 2 is 1.84 bits per heavy atom. The Hall–Kier alpha value is -0.680. The SMILES string of the molecule is CC(NC1CCSCC1)c1ccccc1C(F)(F)F. The molecule has 0 aromatic heterocycles. The first-order valence-corrected chi connectivity index (χ1v) is 7.64. The molecule has 1 saturated heterocycles. The van der Waals surface area contributed by atoms with Gasteiger partial charge in [-0.3, -0.25) is 0 Å². The van der Waals surface area contributed by atoms with Crippen LogP contribution in [0.15, 0.2) is 24.3 Å². The van der Waals surface area contributed by atoms with Gasteiger partial charge in [-0.05, 0) is 42.9 Å². The van der Waals surface area contributed by atoms with Crippen molar-refractivity contribution in [2.45, 2.75) is 38.0 Å². The number of alkyl halides is 3. The van der Waals surface area contributed by atoms with Gasteiger partial charge in [-0.2, -0.15) is 24.9 Å². The van der Waals surface area contributed by atoms with E-state index in [0.29, 0.717) is 11.6 Å². The topological polar surface area (TPSA) is 12.0 Å². The van der Waals surface area contributed by atoms with E-state index in [1.807, 2.05) is 18.7 Å². The van der Waals surface area contributed by atoms with E-state index >= 15 is 0 Å². The zero-order chi connectivity index (χ0) is 13.9. The van der Waals surface area contributed by atoms with E-state index in [1.54, 1.807) is 12.1 Å². The summed E-state index contributed by atoms with van der Waals surface area (Å²) in [7, 11) is 0. The lowest BCUT2D eigenvalue weighted by molar-refractivity contribution is -0.138. The highest BCUT2D eigenvalue weighted by Crippen LogP contribution is 2.34. The number of benzene rings is 1. The summed E-state index contributed by atoms with van der Waals surface area (Å²) in [6.45, 7) is 1.81. The van der Waals surface area contributed by atoms with Crippen LogP contribution in [-0.2, 0) is 6.18 Å². The molecule has 0 aliphatic carbocycles. The van der Waals surface area contributed by atoms with Gasteiger partial charge in [0.15, 0.2) is 0 Å². The van der Waals surface area contributed by atoms with Gasteiger partial charge < -0.3 is 5.32 Å². The van der Waals surface area contributed by atoms with Crippen LogP contribution in [0.2, 0.25) is 0 Å². The fourth-order valence-corrected chi connectivity index (χ4v) is 3.55. The third kappa shape index (κ3) is 3.89. The Balaban J connectivity index is 2.12. The molecule has 2 rings (SSSR count). The van der Waals surface area contributed by atoms with Gasteiger partial charge in [0.2, 0.25) is 0 Å². The Morgan fingerprint density at radius 1 is 1.21 bits per heavy atom. The highest BCUT2D eigenvalue weighted by Gasteiger charge is 2.34. The maximum atomic E-state index is 13.0. The van der Waals surface area contributed by atoms with Gasteiger partial charge in [0, 0.05) is 12.1 Å². The standard InChI is InChI=1S/C14H18F3NS/c1-10(18-11-6-8-19-9-7-11)12-4-2-3-5-13(12)14(15,16)17/h2-5,10-11,18H,6-9H2,1H3. The minimum absolute atomic E-state index is 0.272. The van der Waals surface area contributed by atoms with Crippen molar-refractivity contribution in [2.75, 3.05) is 11.5 Å². The van der Waals surface area contributed by atoms with E-state index in [4.69, 9.17) is 0 Å². The number of hydrogen-bond acceptors (Lipinski definition) is 2. The molecule has 1 aromatic rings. The van der Waals surface area contributed by atoms with Gasteiger partial charge in [0.05, 0.1) is 5.56 Å². The summed E-state index contributed by atoms with van der Waals surface area (Å²) in [6, 6.07) is 5.89. The average molecular weight is 289 g/mol. The molecule has 1 atom stereocenters. The number of nitrogens with one attached hydrogen (secondary N) is 1. The molecule has 1 nitrogen and oxygen atoms in total. The summed E-state index contributed by atoms with van der Waals surface area (Å²) in [6.07, 6.45) is -2.22. The number of hydrogen-bond donors (Lipinski definition) is 1. The lowest BCUT2D eigenvalue weighted by Crippen LogP contribution is -2.35. The summed E-state index contributed by atoms with van der Waals surface area (Å²) in [4.78, 5) is 0. The van der Waals surface area contributed by atoms with Crippen molar-refractivity contribution in [2.24, 2.45) is 0 Å². The molecule has 1 aliphatic heterocycles. The first-order valence-electron chi connectivity index (χ1n) is 6.48. The third-order valence-electron chi connectivity index (χ3n) is 3.44. The first-order chi connectivity index (χ1) is 8.98. The van der Waals surface area contributed by atoms with Gasteiger partial charge in [0.25, 0.3) is 0 Å². The molecule has 0 spiro atoms. The first kappa shape index (κ1) is 14.7. The minimum Gasteiger partial charge on any atom is -0.307 e. The maximum absolute atomic E-state index is 13.0. The lowest BCUT2D eigenvalue weighted by atomic mass is 9.99.